The van der Waals surface area contributed by atoms with E-state index < -0.39 is 5.54 Å². The van der Waals surface area contributed by atoms with E-state index in [0.717, 1.165) is 117 Å². The van der Waals surface area contributed by atoms with Gasteiger partial charge in [0.05, 0.1) is 5.54 Å². The smallest absolute Gasteiger partial charge is 0.298 e. The molecule has 43 heavy (non-hydrogen) atoms. The van der Waals surface area contributed by atoms with Gasteiger partial charge in [-0.05, 0) is 73.9 Å². The van der Waals surface area contributed by atoms with Crippen molar-refractivity contribution in [2.75, 3.05) is 68.7 Å². The summed E-state index contributed by atoms with van der Waals surface area (Å²) in [7, 11) is 0. The highest BCUT2D eigenvalue weighted by Gasteiger charge is 2.44. The predicted octanol–water partition coefficient (Wildman–Crippen LogP) is 4.03. The molecule has 0 spiro atoms. The maximum atomic E-state index is 12.5. The first-order chi connectivity index (χ1) is 21.2. The quantitative estimate of drug-likeness (QED) is 0.300. The largest absolute Gasteiger partial charge is 0.423 e. The average Bonchev–Trinajstić information content (AvgIpc) is 3.96. The summed E-state index contributed by atoms with van der Waals surface area (Å²) >= 11 is 0. The minimum absolute atomic E-state index is 0.589. The monoisotopic (exact) mass is 581 g/mol. The molecule has 10 nitrogen and oxygen atoms in total. The number of rotatable bonds is 7. The fraction of sp³-hybridized carbons (Fsp3) is 0.545. The first-order valence-electron chi connectivity index (χ1n) is 16.2. The number of nitrogens with zero attached hydrogens (tertiary/aromatic N) is 7. The molecule has 2 aliphatic carbocycles. The maximum absolute atomic E-state index is 12.5. The Morgan fingerprint density at radius 1 is 0.674 bits per heavy atom. The van der Waals surface area contributed by atoms with E-state index in [0.29, 0.717) is 18.6 Å². The predicted molar refractivity (Wildman–Crippen MR) is 164 cm³/mol. The number of anilines is 2. The van der Waals surface area contributed by atoms with Crippen molar-refractivity contribution in [3.63, 3.8) is 0 Å². The second-order valence-corrected chi connectivity index (χ2v) is 13.1. The van der Waals surface area contributed by atoms with Gasteiger partial charge in [0.25, 0.3) is 12.0 Å². The zero-order chi connectivity index (χ0) is 28.5. The van der Waals surface area contributed by atoms with Crippen molar-refractivity contribution in [3.8, 4) is 0 Å². The number of hydrogen-bond donors (Lipinski definition) is 0. The molecule has 2 aromatic carbocycles. The third-order valence-corrected chi connectivity index (χ3v) is 10.6. The van der Waals surface area contributed by atoms with E-state index in [4.69, 9.17) is 18.8 Å². The van der Waals surface area contributed by atoms with Gasteiger partial charge < -0.3 is 23.5 Å². The van der Waals surface area contributed by atoms with Crippen molar-refractivity contribution in [2.45, 2.75) is 56.1 Å². The maximum Gasteiger partial charge on any atom is 0.298 e. The van der Waals surface area contributed by atoms with Crippen molar-refractivity contribution in [1.29, 1.82) is 0 Å². The lowest BCUT2D eigenvalue weighted by atomic mass is 9.80. The lowest BCUT2D eigenvalue weighted by Gasteiger charge is -2.37. The van der Waals surface area contributed by atoms with Crippen LogP contribution in [0.4, 0.5) is 12.0 Å². The van der Waals surface area contributed by atoms with Crippen molar-refractivity contribution in [1.82, 2.24) is 24.7 Å². The third-order valence-electron chi connectivity index (χ3n) is 10.6. The third kappa shape index (κ3) is 4.40. The highest BCUT2D eigenvalue weighted by atomic mass is 16.4. The molecule has 2 aromatic heterocycles. The van der Waals surface area contributed by atoms with Crippen molar-refractivity contribution >= 4 is 40.6 Å². The van der Waals surface area contributed by atoms with Crippen LogP contribution in [0.1, 0.15) is 49.7 Å². The molecule has 0 bridgehead atoms. The molecule has 0 atom stereocenters. The van der Waals surface area contributed by atoms with Crippen LogP contribution in [0.25, 0.3) is 22.2 Å². The van der Waals surface area contributed by atoms with Gasteiger partial charge in [-0.15, -0.1) is 0 Å². The molecule has 224 valence electrons. The molecule has 2 saturated carbocycles. The normalized spacial score (nSPS) is 23.6. The first kappa shape index (κ1) is 25.8. The van der Waals surface area contributed by atoms with Crippen LogP contribution in [0.3, 0.4) is 0 Å². The van der Waals surface area contributed by atoms with E-state index in [9.17, 15) is 4.79 Å². The topological polar surface area (TPSA) is 85.3 Å². The Morgan fingerprint density at radius 2 is 1.16 bits per heavy atom. The van der Waals surface area contributed by atoms with Crippen LogP contribution in [-0.2, 0) is 10.3 Å². The Hall–Kier alpha value is -3.63. The minimum Gasteiger partial charge on any atom is -0.423 e. The summed E-state index contributed by atoms with van der Waals surface area (Å²) < 4.78 is 12.5. The number of hydrogen-bond acceptors (Lipinski definition) is 9. The lowest BCUT2D eigenvalue weighted by molar-refractivity contribution is -0.121. The van der Waals surface area contributed by atoms with Crippen LogP contribution in [0.5, 0.6) is 0 Å². The van der Waals surface area contributed by atoms with Crippen LogP contribution in [0, 0.1) is 0 Å². The van der Waals surface area contributed by atoms with Crippen LogP contribution in [0.15, 0.2) is 45.2 Å². The van der Waals surface area contributed by atoms with Gasteiger partial charge in [-0.3, -0.25) is 14.6 Å². The standard InChI is InChI=1S/C33H39N7O3/c41-22-40-11-1-10-33(40,23-2-8-29-27(20-23)34-31(42-29)38-16-12-36(13-17-38)25-4-5-25)24-3-9-30-28(21-24)35-32(43-30)39-18-14-37(15-19-39)26-6-7-26/h2-3,8-9,20-22,25-26H,1,4-7,10-19H2. The summed E-state index contributed by atoms with van der Waals surface area (Å²) in [6.07, 6.45) is 8.13. The number of oxazole rings is 2. The summed E-state index contributed by atoms with van der Waals surface area (Å²) in [5.41, 5.74) is 4.77. The number of piperazine rings is 2. The van der Waals surface area contributed by atoms with E-state index >= 15 is 0 Å². The van der Waals surface area contributed by atoms with Gasteiger partial charge in [0.2, 0.25) is 6.41 Å². The van der Waals surface area contributed by atoms with E-state index in [1.54, 1.807) is 0 Å². The Morgan fingerprint density at radius 3 is 1.60 bits per heavy atom. The van der Waals surface area contributed by atoms with E-state index in [1.807, 2.05) is 17.0 Å². The van der Waals surface area contributed by atoms with Gasteiger partial charge in [-0.25, -0.2) is 0 Å². The van der Waals surface area contributed by atoms with Gasteiger partial charge in [0.15, 0.2) is 11.2 Å². The Balaban J connectivity index is 1.02. The molecular weight excluding hydrogens is 542 g/mol. The molecule has 0 radical (unpaired) electrons. The Labute approximate surface area is 251 Å². The molecular formula is C33H39N7O3. The minimum atomic E-state index is -0.589. The molecule has 5 fully saturated rings. The van der Waals surface area contributed by atoms with E-state index in [-0.39, 0.29) is 0 Å². The van der Waals surface area contributed by atoms with Gasteiger partial charge in [-0.2, -0.15) is 9.97 Å². The second kappa shape index (κ2) is 9.95. The fourth-order valence-corrected chi connectivity index (χ4v) is 7.82. The summed E-state index contributed by atoms with van der Waals surface area (Å²) in [6, 6.07) is 15.5. The Bertz CT molecular complexity index is 1550. The SMILES string of the molecule is O=CN1CCCC1(c1ccc2oc(N3CCN(C4CC4)CC3)nc2c1)c1ccc2oc(N3CCN(C4CC4)CC3)nc2c1. The first-order valence-corrected chi connectivity index (χ1v) is 16.2. The van der Waals surface area contributed by atoms with Gasteiger partial charge in [-0.1, -0.05) is 12.1 Å². The number of aromatic nitrogens is 2. The van der Waals surface area contributed by atoms with Crippen molar-refractivity contribution in [3.05, 3.63) is 47.5 Å². The van der Waals surface area contributed by atoms with Crippen molar-refractivity contribution < 1.29 is 13.6 Å². The highest BCUT2D eigenvalue weighted by molar-refractivity contribution is 5.79. The average molecular weight is 582 g/mol. The number of benzene rings is 2. The zero-order valence-electron chi connectivity index (χ0n) is 24.7. The number of likely N-dealkylation sites (tertiary alicyclic amines) is 1. The molecule has 5 aliphatic rings. The lowest BCUT2D eigenvalue weighted by Crippen LogP contribution is -2.47. The molecule has 3 saturated heterocycles. The molecule has 4 aromatic rings. The molecule has 9 rings (SSSR count). The van der Waals surface area contributed by atoms with Crippen LogP contribution in [0.2, 0.25) is 0 Å². The second-order valence-electron chi connectivity index (χ2n) is 13.1. The van der Waals surface area contributed by atoms with Gasteiger partial charge >= 0.3 is 0 Å². The summed E-state index contributed by atoms with van der Waals surface area (Å²) in [5, 5.41) is 0. The number of amides is 1. The summed E-state index contributed by atoms with van der Waals surface area (Å²) in [5.74, 6) is 0. The highest BCUT2D eigenvalue weighted by Crippen LogP contribution is 2.45. The van der Waals surface area contributed by atoms with Crippen LogP contribution < -0.4 is 9.80 Å². The van der Waals surface area contributed by atoms with E-state index in [2.05, 4.69) is 43.9 Å². The van der Waals surface area contributed by atoms with Gasteiger partial charge in [0, 0.05) is 71.0 Å². The van der Waals surface area contributed by atoms with Crippen molar-refractivity contribution in [2.24, 2.45) is 0 Å². The molecule has 10 heteroatoms. The molecule has 3 aliphatic heterocycles. The molecule has 1 amide bonds. The van der Waals surface area contributed by atoms with Crippen LogP contribution >= 0.6 is 0 Å². The molecule has 0 N–H and O–H groups in total. The molecule has 5 heterocycles. The number of carbonyl (C=O) groups is 1. The summed E-state index contributed by atoms with van der Waals surface area (Å²) in [4.78, 5) is 34.1. The Kier molecular flexibility index (Phi) is 5.98. The van der Waals surface area contributed by atoms with E-state index in [1.165, 1.54) is 25.7 Å². The van der Waals surface area contributed by atoms with Crippen LogP contribution in [-0.4, -0.2) is 102 Å². The summed E-state index contributed by atoms with van der Waals surface area (Å²) in [6.45, 7) is 8.73. The zero-order valence-corrected chi connectivity index (χ0v) is 24.7. The van der Waals surface area contributed by atoms with Gasteiger partial charge in [0.1, 0.15) is 11.0 Å². The number of carbonyl (C=O) groups excluding carboxylic acids is 1. The number of fused-ring (bicyclic) bond motifs is 2. The fourth-order valence-electron chi connectivity index (χ4n) is 7.82. The molecule has 0 unspecified atom stereocenters.